The molecule has 6 nitrogen and oxygen atoms in total. The van der Waals surface area contributed by atoms with Gasteiger partial charge in [-0.1, -0.05) is 0 Å². The summed E-state index contributed by atoms with van der Waals surface area (Å²) in [6.45, 7) is 5.48. The minimum Gasteiger partial charge on any atom is -0.268 e. The summed E-state index contributed by atoms with van der Waals surface area (Å²) in [6, 6.07) is 7.90. The molecule has 1 fully saturated rings. The average molecular weight is 485 g/mol. The van der Waals surface area contributed by atoms with Crippen LogP contribution in [0.15, 0.2) is 36.7 Å². The summed E-state index contributed by atoms with van der Waals surface area (Å²) in [5, 5.41) is 8.92. The molecule has 10 heteroatoms. The average Bonchev–Trinajstić information content (AvgIpc) is 3.49. The van der Waals surface area contributed by atoms with Gasteiger partial charge in [0.1, 0.15) is 12.1 Å². The molecule has 0 amide bonds. The molecule has 0 saturated heterocycles. The maximum Gasteiger partial charge on any atom is 0.419 e. The minimum absolute atomic E-state index is 0.0202. The van der Waals surface area contributed by atoms with Gasteiger partial charge < -0.3 is 0 Å². The molecule has 1 saturated carbocycles. The van der Waals surface area contributed by atoms with E-state index in [1.807, 2.05) is 11.6 Å². The molecular formula is C25H24F4N6. The van der Waals surface area contributed by atoms with Gasteiger partial charge in [-0.3, -0.25) is 4.68 Å². The van der Waals surface area contributed by atoms with Crippen molar-refractivity contribution in [2.45, 2.75) is 52.8 Å². The third-order valence-electron chi connectivity index (χ3n) is 6.42. The standard InChI is InChI=1S/C25H24F4N6/c1-14-21(34(12-17-4-5-17)33-24(14)18-6-8-19(26)9-7-18)10-20-11-22(31-13-30-20)35-16(3)23(15(2)32-35)25(27,28)29/h6-9,11,13,17H,4-5,10,12H2,1-3H3. The number of alkyl halides is 3. The fourth-order valence-corrected chi connectivity index (χ4v) is 4.43. The highest BCUT2D eigenvalue weighted by Gasteiger charge is 2.37. The zero-order chi connectivity index (χ0) is 24.9. The first-order valence-electron chi connectivity index (χ1n) is 11.4. The quantitative estimate of drug-likeness (QED) is 0.334. The second-order valence-corrected chi connectivity index (χ2v) is 9.05. The highest BCUT2D eigenvalue weighted by Crippen LogP contribution is 2.35. The molecule has 0 atom stereocenters. The second-order valence-electron chi connectivity index (χ2n) is 9.05. The van der Waals surface area contributed by atoms with Crippen molar-refractivity contribution < 1.29 is 17.6 Å². The number of halogens is 4. The van der Waals surface area contributed by atoms with E-state index in [4.69, 9.17) is 5.10 Å². The predicted molar refractivity (Wildman–Crippen MR) is 122 cm³/mol. The van der Waals surface area contributed by atoms with Crippen LogP contribution >= 0.6 is 0 Å². The molecule has 3 aromatic heterocycles. The summed E-state index contributed by atoms with van der Waals surface area (Å²) in [5.41, 5.74) is 3.30. The smallest absolute Gasteiger partial charge is 0.268 e. The molecule has 182 valence electrons. The lowest BCUT2D eigenvalue weighted by molar-refractivity contribution is -0.138. The van der Waals surface area contributed by atoms with Crippen LogP contribution in [0, 0.1) is 32.5 Å². The lowest BCUT2D eigenvalue weighted by atomic mass is 10.0. The Labute approximate surface area is 199 Å². The Hall–Kier alpha value is -3.56. The number of hydrogen-bond acceptors (Lipinski definition) is 4. The third kappa shape index (κ3) is 4.56. The van der Waals surface area contributed by atoms with Crippen molar-refractivity contribution >= 4 is 0 Å². The summed E-state index contributed by atoms with van der Waals surface area (Å²) in [5.74, 6) is 0.539. The SMILES string of the molecule is Cc1nn(-c2cc(Cc3c(C)c(-c4ccc(F)cc4)nn3CC3CC3)ncn2)c(C)c1C(F)(F)F. The van der Waals surface area contributed by atoms with Crippen molar-refractivity contribution in [3.8, 4) is 17.1 Å². The number of aromatic nitrogens is 6. The van der Waals surface area contributed by atoms with Gasteiger partial charge in [-0.15, -0.1) is 0 Å². The molecule has 0 aliphatic heterocycles. The van der Waals surface area contributed by atoms with Gasteiger partial charge in [-0.2, -0.15) is 23.4 Å². The molecule has 0 radical (unpaired) electrons. The first kappa shape index (κ1) is 23.2. The number of hydrogen-bond donors (Lipinski definition) is 0. The Kier molecular flexibility index (Phi) is 5.69. The Morgan fingerprint density at radius 2 is 1.71 bits per heavy atom. The van der Waals surface area contributed by atoms with Gasteiger partial charge in [0, 0.05) is 30.3 Å². The van der Waals surface area contributed by atoms with Crippen LogP contribution in [0.2, 0.25) is 0 Å². The number of rotatable bonds is 6. The molecule has 1 aliphatic carbocycles. The Morgan fingerprint density at radius 3 is 2.34 bits per heavy atom. The molecular weight excluding hydrogens is 460 g/mol. The van der Waals surface area contributed by atoms with Crippen molar-refractivity contribution in [3.05, 3.63) is 76.4 Å². The first-order chi connectivity index (χ1) is 16.6. The van der Waals surface area contributed by atoms with Crippen LogP contribution in [0.4, 0.5) is 17.6 Å². The van der Waals surface area contributed by atoms with Crippen LogP contribution in [0.3, 0.4) is 0 Å². The van der Waals surface area contributed by atoms with Crippen molar-refractivity contribution in [3.63, 3.8) is 0 Å². The molecule has 1 aliphatic rings. The topological polar surface area (TPSA) is 61.4 Å². The summed E-state index contributed by atoms with van der Waals surface area (Å²) in [6.07, 6.45) is -0.423. The van der Waals surface area contributed by atoms with E-state index in [1.54, 1.807) is 18.2 Å². The molecule has 0 N–H and O–H groups in total. The Balaban J connectivity index is 1.51. The van der Waals surface area contributed by atoms with E-state index in [2.05, 4.69) is 15.1 Å². The van der Waals surface area contributed by atoms with Gasteiger partial charge >= 0.3 is 6.18 Å². The van der Waals surface area contributed by atoms with Gasteiger partial charge in [0.25, 0.3) is 0 Å². The van der Waals surface area contributed by atoms with E-state index < -0.39 is 11.7 Å². The number of benzene rings is 1. The van der Waals surface area contributed by atoms with E-state index in [-0.39, 0.29) is 23.0 Å². The van der Waals surface area contributed by atoms with E-state index in [0.29, 0.717) is 18.0 Å². The van der Waals surface area contributed by atoms with E-state index in [0.717, 1.165) is 41.9 Å². The summed E-state index contributed by atoms with van der Waals surface area (Å²) in [4.78, 5) is 8.55. The monoisotopic (exact) mass is 484 g/mol. The normalized spacial score (nSPS) is 14.0. The van der Waals surface area contributed by atoms with Crippen molar-refractivity contribution in [1.29, 1.82) is 0 Å². The maximum absolute atomic E-state index is 13.5. The van der Waals surface area contributed by atoms with Crippen LogP contribution in [0.1, 0.15) is 46.7 Å². The zero-order valence-corrected chi connectivity index (χ0v) is 19.6. The first-order valence-corrected chi connectivity index (χ1v) is 11.4. The van der Waals surface area contributed by atoms with Crippen LogP contribution in [0.5, 0.6) is 0 Å². The van der Waals surface area contributed by atoms with Gasteiger partial charge in [0.05, 0.1) is 28.3 Å². The fourth-order valence-electron chi connectivity index (χ4n) is 4.43. The van der Waals surface area contributed by atoms with Gasteiger partial charge in [0.2, 0.25) is 0 Å². The van der Waals surface area contributed by atoms with Crippen LogP contribution < -0.4 is 0 Å². The Morgan fingerprint density at radius 1 is 1.00 bits per heavy atom. The van der Waals surface area contributed by atoms with Gasteiger partial charge in [-0.25, -0.2) is 19.0 Å². The highest BCUT2D eigenvalue weighted by molar-refractivity contribution is 5.64. The minimum atomic E-state index is -4.49. The lowest BCUT2D eigenvalue weighted by Crippen LogP contribution is -2.10. The van der Waals surface area contributed by atoms with Crippen LogP contribution in [-0.2, 0) is 19.1 Å². The molecule has 0 spiro atoms. The second kappa shape index (κ2) is 8.58. The molecule has 0 bridgehead atoms. The molecule has 3 heterocycles. The Bertz CT molecular complexity index is 1380. The molecule has 5 rings (SSSR count). The van der Waals surface area contributed by atoms with E-state index in [1.165, 1.54) is 37.0 Å². The van der Waals surface area contributed by atoms with Crippen LogP contribution in [0.25, 0.3) is 17.1 Å². The van der Waals surface area contributed by atoms with Gasteiger partial charge in [-0.05, 0) is 69.4 Å². The van der Waals surface area contributed by atoms with E-state index >= 15 is 0 Å². The molecule has 4 aromatic rings. The number of aryl methyl sites for hydroxylation is 1. The lowest BCUT2D eigenvalue weighted by Gasteiger charge is -2.10. The van der Waals surface area contributed by atoms with Gasteiger partial charge in [0.15, 0.2) is 5.82 Å². The maximum atomic E-state index is 13.5. The highest BCUT2D eigenvalue weighted by atomic mass is 19.4. The van der Waals surface area contributed by atoms with Crippen molar-refractivity contribution in [2.24, 2.45) is 5.92 Å². The fraction of sp³-hybridized carbons (Fsp3) is 0.360. The summed E-state index contributed by atoms with van der Waals surface area (Å²) < 4.78 is 57.0. The largest absolute Gasteiger partial charge is 0.419 e. The predicted octanol–water partition coefficient (Wildman–Crippen LogP) is 5.61. The molecule has 1 aromatic carbocycles. The molecule has 0 unspecified atom stereocenters. The van der Waals surface area contributed by atoms with E-state index in [9.17, 15) is 17.6 Å². The number of nitrogens with zero attached hydrogens (tertiary/aromatic N) is 6. The van der Waals surface area contributed by atoms with Crippen molar-refractivity contribution in [2.75, 3.05) is 0 Å². The third-order valence-corrected chi connectivity index (χ3v) is 6.42. The zero-order valence-electron chi connectivity index (χ0n) is 19.6. The summed E-state index contributed by atoms with van der Waals surface area (Å²) >= 11 is 0. The van der Waals surface area contributed by atoms with Crippen LogP contribution in [-0.4, -0.2) is 29.5 Å². The summed E-state index contributed by atoms with van der Waals surface area (Å²) in [7, 11) is 0. The molecule has 35 heavy (non-hydrogen) atoms. The van der Waals surface area contributed by atoms with Crippen molar-refractivity contribution in [1.82, 2.24) is 29.5 Å².